The lowest BCUT2D eigenvalue weighted by Gasteiger charge is -2.24. The fourth-order valence-corrected chi connectivity index (χ4v) is 3.69. The van der Waals surface area contributed by atoms with Gasteiger partial charge in [0.15, 0.2) is 17.5 Å². The number of aliphatic imine (C=N–C) groups is 1. The van der Waals surface area contributed by atoms with Crippen LogP contribution in [-0.2, 0) is 6.54 Å². The third-order valence-corrected chi connectivity index (χ3v) is 5.13. The minimum atomic E-state index is 0.293. The van der Waals surface area contributed by atoms with Crippen LogP contribution in [0.15, 0.2) is 40.7 Å². The van der Waals surface area contributed by atoms with Gasteiger partial charge in [-0.2, -0.15) is 0 Å². The number of hydrogen-bond acceptors (Lipinski definition) is 5. The molecule has 0 aliphatic carbocycles. The smallest absolute Gasteiger partial charge is 0.231 e. The summed E-state index contributed by atoms with van der Waals surface area (Å²) in [5, 5.41) is 8.89. The third kappa shape index (κ3) is 4.68. The quantitative estimate of drug-likeness (QED) is 0.577. The average molecular weight is 375 g/mol. The number of hydrogen-bond donors (Lipinski definition) is 2. The molecule has 1 atom stereocenters. The lowest BCUT2D eigenvalue weighted by atomic mass is 10.2. The second-order valence-corrected chi connectivity index (χ2v) is 7.24. The van der Waals surface area contributed by atoms with Gasteiger partial charge in [-0.3, -0.25) is 0 Å². The summed E-state index contributed by atoms with van der Waals surface area (Å²) in [6, 6.07) is 10.5. The van der Waals surface area contributed by atoms with Gasteiger partial charge in [-0.15, -0.1) is 11.3 Å². The van der Waals surface area contributed by atoms with Crippen molar-refractivity contribution in [2.75, 3.05) is 34.0 Å². The summed E-state index contributed by atoms with van der Waals surface area (Å²) < 4.78 is 10.8. The zero-order valence-corrected chi connectivity index (χ0v) is 16.3. The Morgan fingerprint density at radius 3 is 2.81 bits per heavy atom. The monoisotopic (exact) mass is 374 g/mol. The summed E-state index contributed by atoms with van der Waals surface area (Å²) in [4.78, 5) is 8.27. The van der Waals surface area contributed by atoms with Gasteiger partial charge in [0.2, 0.25) is 6.79 Å². The summed E-state index contributed by atoms with van der Waals surface area (Å²) in [5.41, 5.74) is 1.09. The van der Waals surface area contributed by atoms with E-state index in [0.29, 0.717) is 19.4 Å². The molecule has 1 aliphatic rings. The molecule has 26 heavy (non-hydrogen) atoms. The van der Waals surface area contributed by atoms with Crippen LogP contribution in [0.3, 0.4) is 0 Å². The first-order valence-corrected chi connectivity index (χ1v) is 9.66. The molecule has 3 rings (SSSR count). The van der Waals surface area contributed by atoms with E-state index in [2.05, 4.69) is 54.1 Å². The van der Waals surface area contributed by atoms with Crippen LogP contribution in [0.1, 0.15) is 23.4 Å². The van der Waals surface area contributed by atoms with E-state index in [9.17, 15) is 0 Å². The molecule has 2 N–H and O–H groups in total. The molecule has 0 saturated carbocycles. The van der Waals surface area contributed by atoms with Crippen LogP contribution in [0, 0.1) is 0 Å². The van der Waals surface area contributed by atoms with Crippen LogP contribution >= 0.6 is 11.3 Å². The van der Waals surface area contributed by atoms with Crippen molar-refractivity contribution in [3.05, 3.63) is 46.2 Å². The number of fused-ring (bicyclic) bond motifs is 1. The zero-order chi connectivity index (χ0) is 18.4. The first-order valence-electron chi connectivity index (χ1n) is 8.78. The summed E-state index contributed by atoms with van der Waals surface area (Å²) in [6.07, 6.45) is 0. The van der Waals surface area contributed by atoms with Gasteiger partial charge in [-0.05, 0) is 50.2 Å². The number of nitrogens with zero attached hydrogens (tertiary/aromatic N) is 2. The molecule has 1 aromatic heterocycles. The van der Waals surface area contributed by atoms with Crippen LogP contribution in [0.4, 0.5) is 0 Å². The normalized spacial score (nSPS) is 14.5. The van der Waals surface area contributed by atoms with Crippen LogP contribution in [-0.4, -0.2) is 44.8 Å². The molecular weight excluding hydrogens is 348 g/mol. The maximum atomic E-state index is 5.43. The van der Waals surface area contributed by atoms with E-state index in [4.69, 9.17) is 14.5 Å². The Morgan fingerprint density at radius 1 is 1.23 bits per heavy atom. The molecule has 7 heteroatoms. The topological polar surface area (TPSA) is 58.1 Å². The van der Waals surface area contributed by atoms with Gasteiger partial charge >= 0.3 is 0 Å². The van der Waals surface area contributed by atoms with Crippen molar-refractivity contribution in [3.8, 4) is 11.5 Å². The molecule has 0 spiro atoms. The molecule has 0 fully saturated rings. The van der Waals surface area contributed by atoms with E-state index >= 15 is 0 Å². The summed E-state index contributed by atoms with van der Waals surface area (Å²) >= 11 is 1.78. The number of thiophene rings is 1. The van der Waals surface area contributed by atoms with Gasteiger partial charge in [0.05, 0.1) is 12.6 Å². The maximum absolute atomic E-state index is 5.43. The molecule has 1 unspecified atom stereocenters. The minimum Gasteiger partial charge on any atom is -0.454 e. The fourth-order valence-electron chi connectivity index (χ4n) is 2.76. The predicted molar refractivity (Wildman–Crippen MR) is 106 cm³/mol. The van der Waals surface area contributed by atoms with Crippen molar-refractivity contribution in [3.63, 3.8) is 0 Å². The maximum Gasteiger partial charge on any atom is 0.231 e. The Bertz CT molecular complexity index is 731. The molecule has 140 valence electrons. The van der Waals surface area contributed by atoms with E-state index in [1.54, 1.807) is 11.3 Å². The van der Waals surface area contributed by atoms with E-state index in [1.165, 1.54) is 4.88 Å². The van der Waals surface area contributed by atoms with Crippen molar-refractivity contribution in [1.29, 1.82) is 0 Å². The molecule has 0 bridgehead atoms. The van der Waals surface area contributed by atoms with Gasteiger partial charge in [0.1, 0.15) is 0 Å². The molecule has 0 saturated heterocycles. The Balaban J connectivity index is 1.63. The highest BCUT2D eigenvalue weighted by Gasteiger charge is 2.16. The molecule has 6 nitrogen and oxygen atoms in total. The van der Waals surface area contributed by atoms with E-state index < -0.39 is 0 Å². The number of nitrogens with one attached hydrogen (secondary N) is 2. The number of rotatable bonds is 7. The van der Waals surface area contributed by atoms with Crippen LogP contribution in [0.5, 0.6) is 11.5 Å². The molecule has 1 aliphatic heterocycles. The molecule has 1 aromatic carbocycles. The van der Waals surface area contributed by atoms with Crippen molar-refractivity contribution in [2.24, 2.45) is 4.99 Å². The summed E-state index contributed by atoms with van der Waals surface area (Å²) in [5.74, 6) is 2.40. The second kappa shape index (κ2) is 8.91. The highest BCUT2D eigenvalue weighted by Crippen LogP contribution is 2.32. The highest BCUT2D eigenvalue weighted by molar-refractivity contribution is 7.10. The Kier molecular flexibility index (Phi) is 6.35. The fraction of sp³-hybridized carbons (Fsp3) is 0.421. The lowest BCUT2D eigenvalue weighted by molar-refractivity contribution is 0.174. The van der Waals surface area contributed by atoms with Gasteiger partial charge in [-0.25, -0.2) is 4.99 Å². The average Bonchev–Trinajstić information content (AvgIpc) is 3.30. The number of benzene rings is 1. The molecule has 0 amide bonds. The van der Waals surface area contributed by atoms with E-state index in [1.807, 2.05) is 18.2 Å². The second-order valence-electron chi connectivity index (χ2n) is 6.26. The minimum absolute atomic E-state index is 0.293. The Labute approximate surface area is 158 Å². The summed E-state index contributed by atoms with van der Waals surface area (Å²) in [7, 11) is 4.20. The molecular formula is C19H26N4O2S. The lowest BCUT2D eigenvalue weighted by Crippen LogP contribution is -2.41. The van der Waals surface area contributed by atoms with Gasteiger partial charge in [0.25, 0.3) is 0 Å². The number of guanidine groups is 1. The highest BCUT2D eigenvalue weighted by atomic mass is 32.1. The molecule has 2 heterocycles. The van der Waals surface area contributed by atoms with Crippen LogP contribution < -0.4 is 20.1 Å². The molecule has 0 radical (unpaired) electrons. The third-order valence-electron chi connectivity index (χ3n) is 4.16. The predicted octanol–water partition coefficient (Wildman–Crippen LogP) is 2.83. The van der Waals surface area contributed by atoms with Crippen LogP contribution in [0.2, 0.25) is 0 Å². The zero-order valence-electron chi connectivity index (χ0n) is 15.5. The van der Waals surface area contributed by atoms with Gasteiger partial charge < -0.3 is 25.0 Å². The standard InChI is InChI=1S/C19H26N4O2S/c1-4-20-19(22-12-15(23(2)3)18-6-5-9-26-18)21-11-14-7-8-16-17(10-14)25-13-24-16/h5-10,15H,4,11-13H2,1-3H3,(H2,20,21,22). The summed E-state index contributed by atoms with van der Waals surface area (Å²) in [6.45, 7) is 4.55. The van der Waals surface area contributed by atoms with Crippen molar-refractivity contribution >= 4 is 17.3 Å². The number of likely N-dealkylation sites (N-methyl/N-ethyl adjacent to an activating group) is 1. The largest absolute Gasteiger partial charge is 0.454 e. The Hall–Kier alpha value is -2.25. The van der Waals surface area contributed by atoms with Gasteiger partial charge in [-0.1, -0.05) is 12.1 Å². The van der Waals surface area contributed by atoms with Crippen LogP contribution in [0.25, 0.3) is 0 Å². The molecule has 2 aromatic rings. The van der Waals surface area contributed by atoms with Gasteiger partial charge in [0, 0.05) is 18.0 Å². The van der Waals surface area contributed by atoms with Crippen molar-refractivity contribution in [2.45, 2.75) is 19.5 Å². The SMILES string of the molecule is CCNC(=NCc1ccc2c(c1)OCO2)NCC(c1cccs1)N(C)C. The van der Waals surface area contributed by atoms with E-state index in [-0.39, 0.29) is 0 Å². The number of ether oxygens (including phenoxy) is 2. The Morgan fingerprint density at radius 2 is 2.08 bits per heavy atom. The first-order chi connectivity index (χ1) is 12.7. The van der Waals surface area contributed by atoms with Crippen molar-refractivity contribution < 1.29 is 9.47 Å². The van der Waals surface area contributed by atoms with Crippen molar-refractivity contribution in [1.82, 2.24) is 15.5 Å². The first kappa shape index (κ1) is 18.5. The van der Waals surface area contributed by atoms with E-state index in [0.717, 1.165) is 36.1 Å².